The van der Waals surface area contributed by atoms with Gasteiger partial charge in [0.25, 0.3) is 0 Å². The summed E-state index contributed by atoms with van der Waals surface area (Å²) in [4.78, 5) is 27.8. The van der Waals surface area contributed by atoms with E-state index in [0.29, 0.717) is 77.0 Å². The van der Waals surface area contributed by atoms with Crippen molar-refractivity contribution in [3.63, 3.8) is 0 Å². The minimum atomic E-state index is -0.770. The topological polar surface area (TPSA) is 111 Å². The number of hydrogen-bond donors (Lipinski definition) is 0. The highest BCUT2D eigenvalue weighted by Crippen LogP contribution is 2.49. The van der Waals surface area contributed by atoms with Crippen LogP contribution < -0.4 is 0 Å². The van der Waals surface area contributed by atoms with E-state index in [9.17, 15) is 9.59 Å². The summed E-state index contributed by atoms with van der Waals surface area (Å²) in [6.07, 6.45) is 5.34. The molecule has 11 heteroatoms. The highest BCUT2D eigenvalue weighted by atomic mass is 16.6. The smallest absolute Gasteiger partial charge is 0.343 e. The third-order valence-corrected chi connectivity index (χ3v) is 10.3. The fourth-order valence-corrected chi connectivity index (χ4v) is 7.76. The summed E-state index contributed by atoms with van der Waals surface area (Å²) >= 11 is 0. The van der Waals surface area contributed by atoms with Crippen LogP contribution in [0.4, 0.5) is 0 Å². The van der Waals surface area contributed by atoms with Gasteiger partial charge < -0.3 is 42.8 Å². The molecule has 3 aliphatic rings. The molecule has 5 rings (SSSR count). The van der Waals surface area contributed by atoms with Gasteiger partial charge in [0.1, 0.15) is 24.4 Å². The molecule has 2 aromatic rings. The van der Waals surface area contributed by atoms with Crippen LogP contribution in [-0.4, -0.2) is 113 Å². The average Bonchev–Trinajstić information content (AvgIpc) is 3.39. The Labute approximate surface area is 327 Å². The van der Waals surface area contributed by atoms with Gasteiger partial charge in [-0.3, -0.25) is 0 Å². The minimum Gasteiger partial charge on any atom is -0.488 e. The Morgan fingerprint density at radius 3 is 1.96 bits per heavy atom. The Hall–Kier alpha value is -3.32. The van der Waals surface area contributed by atoms with Crippen LogP contribution in [0.15, 0.2) is 48.2 Å². The van der Waals surface area contributed by atoms with Gasteiger partial charge in [0.2, 0.25) is 0 Å². The van der Waals surface area contributed by atoms with Crippen LogP contribution >= 0.6 is 0 Å². The molecule has 2 aromatic carbocycles. The van der Waals surface area contributed by atoms with E-state index in [4.69, 9.17) is 37.9 Å². The number of ether oxygens (including phenoxy) is 8. The molecule has 0 radical (unpaired) electrons. The van der Waals surface area contributed by atoms with E-state index in [-0.39, 0.29) is 30.8 Å². The minimum absolute atomic E-state index is 0.0791. The maximum Gasteiger partial charge on any atom is 0.343 e. The molecule has 2 fully saturated rings. The lowest BCUT2D eigenvalue weighted by Gasteiger charge is -2.39. The van der Waals surface area contributed by atoms with Gasteiger partial charge in [-0.25, -0.2) is 9.59 Å². The van der Waals surface area contributed by atoms with E-state index < -0.39 is 11.2 Å². The molecule has 1 saturated carbocycles. The van der Waals surface area contributed by atoms with E-state index in [1.165, 1.54) is 5.56 Å². The molecule has 11 nitrogen and oxygen atoms in total. The predicted molar refractivity (Wildman–Crippen MR) is 210 cm³/mol. The van der Waals surface area contributed by atoms with E-state index in [0.717, 1.165) is 67.6 Å². The van der Waals surface area contributed by atoms with Crippen molar-refractivity contribution in [2.75, 3.05) is 72.5 Å². The number of esters is 2. The maximum absolute atomic E-state index is 13.7. The van der Waals surface area contributed by atoms with Crippen molar-refractivity contribution < 1.29 is 47.5 Å². The summed E-state index contributed by atoms with van der Waals surface area (Å²) in [5, 5.41) is 0. The molecule has 2 heterocycles. The second kappa shape index (κ2) is 20.7. The Morgan fingerprint density at radius 1 is 0.800 bits per heavy atom. The van der Waals surface area contributed by atoms with E-state index in [1.54, 1.807) is 0 Å². The summed E-state index contributed by atoms with van der Waals surface area (Å²) < 4.78 is 46.9. The zero-order chi connectivity index (χ0) is 39.3. The molecule has 0 aromatic heterocycles. The molecule has 0 unspecified atom stereocenters. The zero-order valence-electron chi connectivity index (χ0n) is 34.0. The molecule has 1 aliphatic carbocycles. The molecular weight excluding hydrogens is 702 g/mol. The van der Waals surface area contributed by atoms with E-state index in [1.807, 2.05) is 51.1 Å². The Kier molecular flexibility index (Phi) is 16.1. The predicted octanol–water partition coefficient (Wildman–Crippen LogP) is 6.67. The van der Waals surface area contributed by atoms with Crippen LogP contribution in [-0.2, 0) is 54.1 Å². The Morgan fingerprint density at radius 2 is 1.36 bits per heavy atom. The summed E-state index contributed by atoms with van der Waals surface area (Å²) in [7, 11) is 0. The van der Waals surface area contributed by atoms with Crippen molar-refractivity contribution in [1.29, 1.82) is 0 Å². The van der Waals surface area contributed by atoms with Gasteiger partial charge in [-0.1, -0.05) is 48.0 Å². The first-order valence-electron chi connectivity index (χ1n) is 20.1. The molecule has 2 aliphatic heterocycles. The van der Waals surface area contributed by atoms with E-state index >= 15 is 0 Å². The van der Waals surface area contributed by atoms with Crippen LogP contribution in [0.1, 0.15) is 87.1 Å². The summed E-state index contributed by atoms with van der Waals surface area (Å²) in [6, 6.07) is 14.3. The zero-order valence-corrected chi connectivity index (χ0v) is 34.0. The molecule has 1 spiro atoms. The fourth-order valence-electron chi connectivity index (χ4n) is 7.76. The maximum atomic E-state index is 13.7. The van der Waals surface area contributed by atoms with E-state index in [2.05, 4.69) is 37.8 Å². The van der Waals surface area contributed by atoms with Gasteiger partial charge in [0.05, 0.1) is 58.5 Å². The lowest BCUT2D eigenvalue weighted by molar-refractivity contribution is -0.160. The van der Waals surface area contributed by atoms with Gasteiger partial charge in [0.15, 0.2) is 11.4 Å². The van der Waals surface area contributed by atoms with Crippen molar-refractivity contribution in [3.8, 4) is 0 Å². The molecule has 0 bridgehead atoms. The lowest BCUT2D eigenvalue weighted by atomic mass is 9.80. The number of carbonyl (C=O) groups excluding carboxylic acids is 2. The van der Waals surface area contributed by atoms with Crippen LogP contribution in [0.2, 0.25) is 0 Å². The molecular formula is C44H63NO10. The van der Waals surface area contributed by atoms with Gasteiger partial charge in [0, 0.05) is 19.6 Å². The number of piperidine rings is 1. The second-order valence-electron chi connectivity index (χ2n) is 16.0. The van der Waals surface area contributed by atoms with Gasteiger partial charge >= 0.3 is 11.9 Å². The van der Waals surface area contributed by atoms with Crippen molar-refractivity contribution in [1.82, 2.24) is 4.90 Å². The number of likely N-dealkylation sites (tertiary alicyclic amines) is 1. The van der Waals surface area contributed by atoms with Crippen LogP contribution in [0.5, 0.6) is 0 Å². The SMILES string of the molecule is Cc1cc(C)c(C2=C(OCc3ccccc3)C3(CCC(OC4CCN(CCOCCOCCOCCOCC(=O)OC(C)(C)C)CC4)CC3)OC2=O)c(C)c1. The van der Waals surface area contributed by atoms with Crippen LogP contribution in [0, 0.1) is 20.8 Å². The standard InChI is InChI=1S/C44H63NO10/c1-32-28-33(2)39(34(3)29-32)40-41(52-30-35-10-8-7-9-11-35)44(55-42(40)47)16-12-36(13-17-44)53-37-14-18-45(19-15-37)20-21-48-22-23-49-24-25-50-26-27-51-31-38(46)54-43(4,5)6/h7-11,28-29,36-37H,12-27,30-31H2,1-6H3. The van der Waals surface area contributed by atoms with Crippen LogP contribution in [0.3, 0.4) is 0 Å². The lowest BCUT2D eigenvalue weighted by Crippen LogP contribution is -2.43. The quantitative estimate of drug-likeness (QED) is 0.107. The fraction of sp³-hybridized carbons (Fsp3) is 0.636. The Bertz CT molecular complexity index is 1530. The molecule has 0 atom stereocenters. The third kappa shape index (κ3) is 13.1. The summed E-state index contributed by atoms with van der Waals surface area (Å²) in [5.41, 5.74) is 4.57. The third-order valence-electron chi connectivity index (χ3n) is 10.3. The first-order chi connectivity index (χ1) is 26.4. The molecule has 1 saturated heterocycles. The second-order valence-corrected chi connectivity index (χ2v) is 16.0. The number of aryl methyl sites for hydroxylation is 3. The monoisotopic (exact) mass is 765 g/mol. The van der Waals surface area contributed by atoms with Crippen molar-refractivity contribution in [2.24, 2.45) is 0 Å². The van der Waals surface area contributed by atoms with Crippen molar-refractivity contribution in [3.05, 3.63) is 76.0 Å². The van der Waals surface area contributed by atoms with Crippen molar-refractivity contribution >= 4 is 17.5 Å². The van der Waals surface area contributed by atoms with Crippen LogP contribution in [0.25, 0.3) is 5.57 Å². The number of carbonyl (C=O) groups is 2. The number of benzene rings is 2. The first-order valence-corrected chi connectivity index (χ1v) is 20.1. The molecule has 0 N–H and O–H groups in total. The highest BCUT2D eigenvalue weighted by Gasteiger charge is 2.52. The normalized spacial score (nSPS) is 21.0. The molecule has 304 valence electrons. The first kappa shape index (κ1) is 42.8. The molecule has 55 heavy (non-hydrogen) atoms. The van der Waals surface area contributed by atoms with Crippen molar-refractivity contribution in [2.45, 2.75) is 110 Å². The van der Waals surface area contributed by atoms with Gasteiger partial charge in [-0.05, 0) is 102 Å². The summed E-state index contributed by atoms with van der Waals surface area (Å²) in [6.45, 7) is 18.2. The molecule has 0 amide bonds. The highest BCUT2D eigenvalue weighted by molar-refractivity contribution is 6.20. The number of nitrogens with zero attached hydrogens (tertiary/aromatic N) is 1. The largest absolute Gasteiger partial charge is 0.488 e. The average molecular weight is 766 g/mol. The van der Waals surface area contributed by atoms with Gasteiger partial charge in [-0.15, -0.1) is 0 Å². The number of hydrogen-bond acceptors (Lipinski definition) is 11. The van der Waals surface area contributed by atoms with Gasteiger partial charge in [-0.2, -0.15) is 0 Å². The summed E-state index contributed by atoms with van der Waals surface area (Å²) in [5.74, 6) is 0.0142. The number of rotatable bonds is 20. The Balaban J connectivity index is 0.969.